The van der Waals surface area contributed by atoms with Gasteiger partial charge in [-0.05, 0) is 24.8 Å². The number of nitrogens with one attached hydrogen (secondary N) is 1. The minimum atomic E-state index is -4.38. The van der Waals surface area contributed by atoms with Crippen LogP contribution in [0.4, 0.5) is 13.2 Å². The summed E-state index contributed by atoms with van der Waals surface area (Å²) in [5, 5.41) is 19.4. The molecule has 2 aliphatic rings. The van der Waals surface area contributed by atoms with Gasteiger partial charge in [-0.3, -0.25) is 0 Å². The molecular weight excluding hydrogens is 339 g/mol. The molecule has 0 aromatic carbocycles. The van der Waals surface area contributed by atoms with E-state index in [2.05, 4.69) is 4.72 Å². The van der Waals surface area contributed by atoms with Crippen LogP contribution in [-0.2, 0) is 4.74 Å². The van der Waals surface area contributed by atoms with Crippen LogP contribution in [0.25, 0.3) is 0 Å². The Hall–Kier alpha value is -0.350. The van der Waals surface area contributed by atoms with Crippen molar-refractivity contribution in [3.8, 4) is 0 Å². The molecule has 1 aliphatic heterocycles. The van der Waals surface area contributed by atoms with Crippen LogP contribution in [0, 0.1) is 5.92 Å². The number of alkyl halides is 3. The molecule has 3 unspecified atom stereocenters. The number of ether oxygens (including phenoxy) is 1. The molecule has 0 aromatic rings. The molecule has 9 heteroatoms. The van der Waals surface area contributed by atoms with E-state index in [1.165, 1.54) is 36.9 Å². The highest BCUT2D eigenvalue weighted by Crippen LogP contribution is 2.41. The molecule has 126 valence electrons. The van der Waals surface area contributed by atoms with Crippen LogP contribution in [0.15, 0.2) is 21.6 Å². The van der Waals surface area contributed by atoms with Crippen molar-refractivity contribution in [2.45, 2.75) is 37.8 Å². The van der Waals surface area contributed by atoms with E-state index >= 15 is 0 Å². The second kappa shape index (κ2) is 7.48. The van der Waals surface area contributed by atoms with Crippen LogP contribution in [0.2, 0.25) is 0 Å². The van der Waals surface area contributed by atoms with E-state index in [4.69, 9.17) is 4.74 Å². The minimum Gasteiger partial charge on any atom is -0.392 e. The Balaban J connectivity index is 1.94. The fourth-order valence-electron chi connectivity index (χ4n) is 2.31. The summed E-state index contributed by atoms with van der Waals surface area (Å²) < 4.78 is 45.9. The largest absolute Gasteiger partial charge is 0.394 e. The molecule has 0 spiro atoms. The SMILES string of the molecule is COC(O)C1=C(SNC2=CCC(C(F)(F)F)C(O)C2)CCS1. The van der Waals surface area contributed by atoms with Crippen LogP contribution in [0.3, 0.4) is 0 Å². The number of hydrogen-bond donors (Lipinski definition) is 3. The number of allylic oxidation sites excluding steroid dienone is 2. The number of aliphatic hydroxyl groups excluding tert-OH is 2. The second-order valence-corrected chi connectivity index (χ2v) is 7.10. The van der Waals surface area contributed by atoms with Crippen LogP contribution < -0.4 is 4.72 Å². The standard InChI is InChI=1S/C13H18F3NO3S2/c1-20-12(19)11-10(4-5-21-11)22-17-7-2-3-8(9(18)6-7)13(14,15)16/h2,8-9,12,17-19H,3-6H2,1H3. The quantitative estimate of drug-likeness (QED) is 0.520. The molecule has 3 atom stereocenters. The summed E-state index contributed by atoms with van der Waals surface area (Å²) in [5.41, 5.74) is 0.577. The van der Waals surface area contributed by atoms with E-state index in [9.17, 15) is 23.4 Å². The molecule has 3 N–H and O–H groups in total. The number of aliphatic hydroxyl groups is 2. The molecule has 0 fully saturated rings. The summed E-state index contributed by atoms with van der Waals surface area (Å²) in [6.45, 7) is 0. The first kappa shape index (κ1) is 18.0. The number of hydrogen-bond acceptors (Lipinski definition) is 6. The van der Waals surface area contributed by atoms with E-state index in [1.807, 2.05) is 0 Å². The molecule has 22 heavy (non-hydrogen) atoms. The molecule has 0 saturated heterocycles. The zero-order chi connectivity index (χ0) is 16.3. The molecular formula is C13H18F3NO3S2. The molecule has 0 aromatic heterocycles. The first-order valence-corrected chi connectivity index (χ1v) is 8.56. The van der Waals surface area contributed by atoms with Gasteiger partial charge in [0, 0.05) is 29.9 Å². The number of halogens is 3. The average molecular weight is 357 g/mol. The van der Waals surface area contributed by atoms with Crippen LogP contribution in [-0.4, -0.2) is 41.6 Å². The molecule has 0 saturated carbocycles. The van der Waals surface area contributed by atoms with Crippen LogP contribution in [0.5, 0.6) is 0 Å². The van der Waals surface area contributed by atoms with Gasteiger partial charge in [-0.2, -0.15) is 13.2 Å². The summed E-state index contributed by atoms with van der Waals surface area (Å²) in [4.78, 5) is 1.64. The van der Waals surface area contributed by atoms with E-state index < -0.39 is 24.5 Å². The third kappa shape index (κ3) is 4.35. The van der Waals surface area contributed by atoms with Gasteiger partial charge in [0.2, 0.25) is 0 Å². The lowest BCUT2D eigenvalue weighted by atomic mass is 9.89. The smallest absolute Gasteiger partial charge is 0.392 e. The highest BCUT2D eigenvalue weighted by Gasteiger charge is 2.45. The van der Waals surface area contributed by atoms with Crippen molar-refractivity contribution in [1.82, 2.24) is 4.72 Å². The van der Waals surface area contributed by atoms with Gasteiger partial charge in [-0.15, -0.1) is 11.8 Å². The minimum absolute atomic E-state index is 0.0558. The fourth-order valence-corrected chi connectivity index (χ4v) is 4.60. The Labute approximate surface area is 135 Å². The van der Waals surface area contributed by atoms with Crippen molar-refractivity contribution in [3.63, 3.8) is 0 Å². The highest BCUT2D eigenvalue weighted by molar-refractivity contribution is 8.06. The summed E-state index contributed by atoms with van der Waals surface area (Å²) >= 11 is 2.76. The van der Waals surface area contributed by atoms with Gasteiger partial charge in [-0.1, -0.05) is 6.08 Å². The first-order valence-electron chi connectivity index (χ1n) is 6.76. The summed E-state index contributed by atoms with van der Waals surface area (Å²) in [6, 6.07) is 0. The summed E-state index contributed by atoms with van der Waals surface area (Å²) in [6.07, 6.45) is -4.82. The number of methoxy groups -OCH3 is 1. The Morgan fingerprint density at radius 1 is 1.50 bits per heavy atom. The molecule has 1 heterocycles. The average Bonchev–Trinajstić information content (AvgIpc) is 2.91. The topological polar surface area (TPSA) is 61.7 Å². The predicted molar refractivity (Wildman–Crippen MR) is 80.7 cm³/mol. The second-order valence-electron chi connectivity index (χ2n) is 5.06. The zero-order valence-electron chi connectivity index (χ0n) is 11.9. The highest BCUT2D eigenvalue weighted by atomic mass is 32.2. The lowest BCUT2D eigenvalue weighted by Crippen LogP contribution is -2.37. The lowest BCUT2D eigenvalue weighted by molar-refractivity contribution is -0.200. The molecule has 1 aliphatic carbocycles. The van der Waals surface area contributed by atoms with Crippen molar-refractivity contribution in [2.24, 2.45) is 5.92 Å². The number of thioether (sulfide) groups is 1. The zero-order valence-corrected chi connectivity index (χ0v) is 13.5. The van der Waals surface area contributed by atoms with Gasteiger partial charge in [0.25, 0.3) is 0 Å². The third-order valence-electron chi connectivity index (χ3n) is 3.55. The third-order valence-corrected chi connectivity index (χ3v) is 5.88. The van der Waals surface area contributed by atoms with Gasteiger partial charge >= 0.3 is 6.18 Å². The van der Waals surface area contributed by atoms with E-state index in [0.29, 0.717) is 5.70 Å². The van der Waals surface area contributed by atoms with Gasteiger partial charge < -0.3 is 19.7 Å². The summed E-state index contributed by atoms with van der Waals surface area (Å²) in [5.74, 6) is -0.868. The van der Waals surface area contributed by atoms with Crippen molar-refractivity contribution in [1.29, 1.82) is 0 Å². The normalized spacial score (nSPS) is 27.8. The van der Waals surface area contributed by atoms with Gasteiger partial charge in [0.05, 0.1) is 16.9 Å². The maximum atomic E-state index is 12.7. The monoisotopic (exact) mass is 357 g/mol. The van der Waals surface area contributed by atoms with E-state index in [-0.39, 0.29) is 12.8 Å². The Morgan fingerprint density at radius 3 is 2.82 bits per heavy atom. The first-order chi connectivity index (χ1) is 10.3. The predicted octanol–water partition coefficient (Wildman–Crippen LogP) is 2.75. The fraction of sp³-hybridized carbons (Fsp3) is 0.692. The maximum Gasteiger partial charge on any atom is 0.394 e. The maximum absolute atomic E-state index is 12.7. The Morgan fingerprint density at radius 2 is 2.23 bits per heavy atom. The molecule has 0 amide bonds. The molecule has 4 nitrogen and oxygen atoms in total. The molecule has 0 bridgehead atoms. The van der Waals surface area contributed by atoms with Gasteiger partial charge in [-0.25, -0.2) is 0 Å². The number of rotatable bonds is 5. The van der Waals surface area contributed by atoms with Crippen molar-refractivity contribution >= 4 is 23.7 Å². The summed E-state index contributed by atoms with van der Waals surface area (Å²) in [7, 11) is 1.41. The Kier molecular flexibility index (Phi) is 6.12. The van der Waals surface area contributed by atoms with Crippen molar-refractivity contribution in [3.05, 3.63) is 21.6 Å². The van der Waals surface area contributed by atoms with Gasteiger partial charge in [0.1, 0.15) is 0 Å². The Bertz CT molecular complexity index is 468. The lowest BCUT2D eigenvalue weighted by Gasteiger charge is -2.29. The molecule has 0 radical (unpaired) electrons. The van der Waals surface area contributed by atoms with Crippen LogP contribution >= 0.6 is 23.7 Å². The van der Waals surface area contributed by atoms with Gasteiger partial charge in [0.15, 0.2) is 6.29 Å². The van der Waals surface area contributed by atoms with Crippen molar-refractivity contribution in [2.75, 3.05) is 12.9 Å². The van der Waals surface area contributed by atoms with Crippen molar-refractivity contribution < 1.29 is 28.1 Å². The van der Waals surface area contributed by atoms with E-state index in [0.717, 1.165) is 22.0 Å². The van der Waals surface area contributed by atoms with E-state index in [1.54, 1.807) is 0 Å². The molecule has 2 rings (SSSR count). The van der Waals surface area contributed by atoms with Crippen LogP contribution in [0.1, 0.15) is 19.3 Å².